The molecule has 3 nitrogen and oxygen atoms in total. The Morgan fingerprint density at radius 1 is 1.19 bits per heavy atom. The van der Waals surface area contributed by atoms with Crippen LogP contribution in [0.25, 0.3) is 0 Å². The predicted octanol–water partition coefficient (Wildman–Crippen LogP) is 3.69. The zero-order valence-electron chi connectivity index (χ0n) is 12.1. The summed E-state index contributed by atoms with van der Waals surface area (Å²) in [7, 11) is 0. The third-order valence-corrected chi connectivity index (χ3v) is 3.78. The molecule has 0 bridgehead atoms. The average Bonchev–Trinajstić information content (AvgIpc) is 2.95. The molecule has 1 unspecified atom stereocenters. The molecule has 1 heterocycles. The Balaban J connectivity index is 1.56. The lowest BCUT2D eigenvalue weighted by molar-refractivity contribution is 0.0988. The first-order chi connectivity index (χ1) is 10.3. The third-order valence-electron chi connectivity index (χ3n) is 3.78. The van der Waals surface area contributed by atoms with Gasteiger partial charge in [-0.15, -0.1) is 0 Å². The van der Waals surface area contributed by atoms with Crippen LogP contribution in [-0.2, 0) is 6.42 Å². The van der Waals surface area contributed by atoms with Crippen LogP contribution in [0.3, 0.4) is 0 Å². The lowest BCUT2D eigenvalue weighted by Crippen LogP contribution is -2.23. The van der Waals surface area contributed by atoms with E-state index in [9.17, 15) is 4.79 Å². The van der Waals surface area contributed by atoms with Gasteiger partial charge in [0.15, 0.2) is 5.78 Å². The van der Waals surface area contributed by atoms with E-state index in [0.29, 0.717) is 6.42 Å². The Bertz CT molecular complexity index is 609. The molecule has 108 valence electrons. The van der Waals surface area contributed by atoms with Crippen LogP contribution in [0.2, 0.25) is 0 Å². The van der Waals surface area contributed by atoms with E-state index in [1.807, 2.05) is 49.4 Å². The second-order valence-electron chi connectivity index (χ2n) is 5.29. The summed E-state index contributed by atoms with van der Waals surface area (Å²) in [6.45, 7) is 2.64. The van der Waals surface area contributed by atoms with Gasteiger partial charge in [-0.25, -0.2) is 0 Å². The van der Waals surface area contributed by atoms with Gasteiger partial charge < -0.3 is 10.1 Å². The van der Waals surface area contributed by atoms with E-state index in [0.717, 1.165) is 30.0 Å². The van der Waals surface area contributed by atoms with Crippen molar-refractivity contribution in [2.24, 2.45) is 0 Å². The number of nitrogens with one attached hydrogen (secondary N) is 1. The highest BCUT2D eigenvalue weighted by atomic mass is 16.5. The molecule has 0 saturated carbocycles. The first kappa shape index (κ1) is 13.7. The fourth-order valence-corrected chi connectivity index (χ4v) is 2.58. The van der Waals surface area contributed by atoms with Crippen LogP contribution in [0.15, 0.2) is 48.5 Å². The number of carbonyl (C=O) groups is 1. The van der Waals surface area contributed by atoms with Gasteiger partial charge in [0.1, 0.15) is 11.9 Å². The number of Topliss-reactive ketones (excluding diaryl/α,β-unsaturated/α-hetero) is 1. The second kappa shape index (κ2) is 6.00. The van der Waals surface area contributed by atoms with Crippen molar-refractivity contribution in [1.82, 2.24) is 0 Å². The first-order valence-electron chi connectivity index (χ1n) is 7.38. The number of benzene rings is 2. The van der Waals surface area contributed by atoms with Crippen LogP contribution >= 0.6 is 0 Å². The Morgan fingerprint density at radius 2 is 1.95 bits per heavy atom. The van der Waals surface area contributed by atoms with Gasteiger partial charge in [-0.2, -0.15) is 0 Å². The smallest absolute Gasteiger partial charge is 0.162 e. The van der Waals surface area contributed by atoms with Crippen molar-refractivity contribution >= 4 is 11.5 Å². The number of hydrogen-bond acceptors (Lipinski definition) is 3. The predicted molar refractivity (Wildman–Crippen MR) is 84.1 cm³/mol. The largest absolute Gasteiger partial charge is 0.488 e. The van der Waals surface area contributed by atoms with Crippen molar-refractivity contribution in [2.75, 3.05) is 11.9 Å². The molecule has 0 fully saturated rings. The Labute approximate surface area is 124 Å². The number of fused-ring (bicyclic) bond motifs is 1. The van der Waals surface area contributed by atoms with E-state index in [4.69, 9.17) is 4.74 Å². The molecule has 3 heteroatoms. The van der Waals surface area contributed by atoms with Crippen molar-refractivity contribution in [1.29, 1.82) is 0 Å². The van der Waals surface area contributed by atoms with Crippen molar-refractivity contribution < 1.29 is 9.53 Å². The normalized spacial score (nSPS) is 16.1. The van der Waals surface area contributed by atoms with Crippen LogP contribution in [0, 0.1) is 0 Å². The summed E-state index contributed by atoms with van der Waals surface area (Å²) >= 11 is 0. The lowest BCUT2D eigenvalue weighted by Gasteiger charge is -2.13. The number of hydrogen-bond donors (Lipinski definition) is 1. The zero-order valence-corrected chi connectivity index (χ0v) is 12.1. The molecule has 0 aromatic heterocycles. The van der Waals surface area contributed by atoms with Crippen molar-refractivity contribution in [2.45, 2.75) is 25.9 Å². The molecule has 1 aliphatic heterocycles. The first-order valence-corrected chi connectivity index (χ1v) is 7.38. The van der Waals surface area contributed by atoms with Gasteiger partial charge in [0, 0.05) is 24.1 Å². The summed E-state index contributed by atoms with van der Waals surface area (Å²) in [6.07, 6.45) is 1.65. The monoisotopic (exact) mass is 281 g/mol. The number of carbonyl (C=O) groups excluding carboxylic acids is 1. The van der Waals surface area contributed by atoms with E-state index >= 15 is 0 Å². The maximum Gasteiger partial charge on any atom is 0.162 e. The quantitative estimate of drug-likeness (QED) is 0.849. The number of anilines is 1. The highest BCUT2D eigenvalue weighted by Gasteiger charge is 2.21. The molecule has 2 aromatic carbocycles. The summed E-state index contributed by atoms with van der Waals surface area (Å²) in [5.41, 5.74) is 3.06. The minimum atomic E-state index is 0.166. The number of rotatable bonds is 5. The molecule has 0 saturated heterocycles. The minimum absolute atomic E-state index is 0.166. The maximum atomic E-state index is 11.6. The molecule has 0 radical (unpaired) electrons. The van der Waals surface area contributed by atoms with Gasteiger partial charge in [0.05, 0.1) is 6.54 Å². The standard InChI is InChI=1S/C18H19NO2/c1-2-17(20)13-7-9-15(10-8-13)19-12-16-11-14-5-3-4-6-18(14)21-16/h3-10,16,19H,2,11-12H2,1H3. The summed E-state index contributed by atoms with van der Waals surface area (Å²) < 4.78 is 5.89. The lowest BCUT2D eigenvalue weighted by atomic mass is 10.1. The topological polar surface area (TPSA) is 38.3 Å². The Kier molecular flexibility index (Phi) is 3.91. The van der Waals surface area contributed by atoms with Gasteiger partial charge in [-0.1, -0.05) is 25.1 Å². The van der Waals surface area contributed by atoms with E-state index in [2.05, 4.69) is 11.4 Å². The summed E-state index contributed by atoms with van der Waals surface area (Å²) in [6, 6.07) is 15.8. The van der Waals surface area contributed by atoms with Gasteiger partial charge in [0.25, 0.3) is 0 Å². The summed E-state index contributed by atoms with van der Waals surface area (Å²) in [5.74, 6) is 1.17. The second-order valence-corrected chi connectivity index (χ2v) is 5.29. The van der Waals surface area contributed by atoms with Crippen molar-refractivity contribution in [3.63, 3.8) is 0 Å². The molecular weight excluding hydrogens is 262 g/mol. The number of ketones is 1. The van der Waals surface area contributed by atoms with Gasteiger partial charge in [0.2, 0.25) is 0 Å². The van der Waals surface area contributed by atoms with Crippen LogP contribution in [0.5, 0.6) is 5.75 Å². The summed E-state index contributed by atoms with van der Waals surface area (Å²) in [5, 5.41) is 3.37. The van der Waals surface area contributed by atoms with Crippen LogP contribution in [-0.4, -0.2) is 18.4 Å². The molecule has 21 heavy (non-hydrogen) atoms. The van der Waals surface area contributed by atoms with Crippen molar-refractivity contribution in [3.8, 4) is 5.75 Å². The maximum absolute atomic E-state index is 11.6. The van der Waals surface area contributed by atoms with E-state index in [1.165, 1.54) is 5.56 Å². The molecule has 2 aromatic rings. The number of ether oxygens (including phenoxy) is 1. The van der Waals surface area contributed by atoms with Gasteiger partial charge >= 0.3 is 0 Å². The molecule has 0 aliphatic carbocycles. The molecule has 3 rings (SSSR count). The van der Waals surface area contributed by atoms with Crippen LogP contribution in [0.4, 0.5) is 5.69 Å². The van der Waals surface area contributed by atoms with Gasteiger partial charge in [-0.05, 0) is 35.9 Å². The van der Waals surface area contributed by atoms with Crippen LogP contribution < -0.4 is 10.1 Å². The molecular formula is C18H19NO2. The Hall–Kier alpha value is -2.29. The van der Waals surface area contributed by atoms with E-state index in [1.54, 1.807) is 0 Å². The molecule has 1 N–H and O–H groups in total. The van der Waals surface area contributed by atoms with E-state index < -0.39 is 0 Å². The number of para-hydroxylation sites is 1. The van der Waals surface area contributed by atoms with Crippen LogP contribution in [0.1, 0.15) is 29.3 Å². The molecule has 0 amide bonds. The van der Waals surface area contributed by atoms with Gasteiger partial charge in [-0.3, -0.25) is 4.79 Å². The SMILES string of the molecule is CCC(=O)c1ccc(NCC2Cc3ccccc3O2)cc1. The highest BCUT2D eigenvalue weighted by molar-refractivity contribution is 5.96. The molecule has 0 spiro atoms. The Morgan fingerprint density at radius 3 is 2.67 bits per heavy atom. The summed E-state index contributed by atoms with van der Waals surface area (Å²) in [4.78, 5) is 11.6. The third kappa shape index (κ3) is 3.07. The van der Waals surface area contributed by atoms with Crippen molar-refractivity contribution in [3.05, 3.63) is 59.7 Å². The fourth-order valence-electron chi connectivity index (χ4n) is 2.58. The minimum Gasteiger partial charge on any atom is -0.488 e. The highest BCUT2D eigenvalue weighted by Crippen LogP contribution is 2.28. The average molecular weight is 281 g/mol. The molecule has 1 atom stereocenters. The zero-order chi connectivity index (χ0) is 14.7. The van der Waals surface area contributed by atoms with E-state index in [-0.39, 0.29) is 11.9 Å². The fraction of sp³-hybridized carbons (Fsp3) is 0.278. The molecule has 1 aliphatic rings.